The number of carbonyl (C=O) groups excluding carboxylic acids is 2. The predicted molar refractivity (Wildman–Crippen MR) is 245 cm³/mol. The zero-order valence-electron chi connectivity index (χ0n) is 37.8. The van der Waals surface area contributed by atoms with E-state index in [0.29, 0.717) is 35.7 Å². The number of hydrogen-bond donors (Lipinski definition) is 7. The van der Waals surface area contributed by atoms with Crippen molar-refractivity contribution in [3.05, 3.63) is 82.2 Å². The summed E-state index contributed by atoms with van der Waals surface area (Å²) < 4.78 is 21.6. The average Bonchev–Trinajstić information content (AvgIpc) is 3.21. The normalized spacial score (nSPS) is 18.6. The Morgan fingerprint density at radius 2 is 1.14 bits per heavy atom. The van der Waals surface area contributed by atoms with Crippen molar-refractivity contribution in [2.24, 2.45) is 0 Å². The van der Waals surface area contributed by atoms with E-state index < -0.39 is 17.1 Å². The third kappa shape index (κ3) is 16.6. The monoisotopic (exact) mass is 886 g/mol. The van der Waals surface area contributed by atoms with Gasteiger partial charge in [-0.25, -0.2) is 19.6 Å². The number of nitrogens with zero attached hydrogens (tertiary/aromatic N) is 5. The summed E-state index contributed by atoms with van der Waals surface area (Å²) in [7, 11) is 0. The molecule has 20 nitrogen and oxygen atoms in total. The van der Waals surface area contributed by atoms with E-state index in [9.17, 15) is 19.7 Å². The molecule has 6 rings (SSSR count). The SMILES string of the molecule is CC1CC(Nc2ncc(N)c(Nc3ccc(COC(=O)NC(C)(C)C)cc3)n2)CCO1.CC1CC(Nc2ncc([N+](=O)[O-])c(Nc3ccc(COC(=O)NC(C)(C)C)cc3)n2)CCO1. The van der Waals surface area contributed by atoms with Crippen LogP contribution in [0.3, 0.4) is 0 Å². The lowest BCUT2D eigenvalue weighted by molar-refractivity contribution is -0.384. The number of benzene rings is 2. The lowest BCUT2D eigenvalue weighted by atomic mass is 10.0. The van der Waals surface area contributed by atoms with Gasteiger partial charge in [-0.3, -0.25) is 10.1 Å². The average molecular weight is 887 g/mol. The van der Waals surface area contributed by atoms with Crippen molar-refractivity contribution in [1.29, 1.82) is 0 Å². The molecule has 2 aromatic carbocycles. The van der Waals surface area contributed by atoms with Gasteiger partial charge in [0.15, 0.2) is 5.82 Å². The van der Waals surface area contributed by atoms with Gasteiger partial charge in [0.25, 0.3) is 0 Å². The zero-order valence-corrected chi connectivity index (χ0v) is 37.8. The van der Waals surface area contributed by atoms with Crippen molar-refractivity contribution in [2.45, 2.75) is 130 Å². The third-order valence-corrected chi connectivity index (χ3v) is 9.55. The molecule has 0 aliphatic carbocycles. The molecule has 64 heavy (non-hydrogen) atoms. The Balaban J connectivity index is 0.000000241. The minimum Gasteiger partial charge on any atom is -0.445 e. The van der Waals surface area contributed by atoms with E-state index in [4.69, 9.17) is 24.7 Å². The smallest absolute Gasteiger partial charge is 0.407 e. The van der Waals surface area contributed by atoms with E-state index >= 15 is 0 Å². The predicted octanol–water partition coefficient (Wildman–Crippen LogP) is 7.94. The number of amides is 2. The summed E-state index contributed by atoms with van der Waals surface area (Å²) in [4.78, 5) is 51.8. The first kappa shape index (κ1) is 48.5. The number of anilines is 7. The first-order chi connectivity index (χ1) is 30.3. The quantitative estimate of drug-likeness (QED) is 0.0496. The molecule has 2 fully saturated rings. The van der Waals surface area contributed by atoms with Crippen LogP contribution in [0, 0.1) is 10.1 Å². The van der Waals surface area contributed by atoms with Gasteiger partial charge in [0, 0.05) is 47.8 Å². The Hall–Kier alpha value is -6.54. The molecule has 2 aliphatic heterocycles. The summed E-state index contributed by atoms with van der Waals surface area (Å²) in [6.07, 6.45) is 5.64. The van der Waals surface area contributed by atoms with Crippen LogP contribution in [0.1, 0.15) is 92.2 Å². The number of carbonyl (C=O) groups is 2. The summed E-state index contributed by atoms with van der Waals surface area (Å²) in [6.45, 7) is 17.0. The van der Waals surface area contributed by atoms with Crippen LogP contribution in [-0.2, 0) is 32.2 Å². The van der Waals surface area contributed by atoms with Gasteiger partial charge in [0.1, 0.15) is 19.4 Å². The maximum Gasteiger partial charge on any atom is 0.407 e. The van der Waals surface area contributed by atoms with Crippen molar-refractivity contribution < 1.29 is 33.5 Å². The Labute approximate surface area is 373 Å². The van der Waals surface area contributed by atoms with E-state index in [1.165, 1.54) is 6.20 Å². The van der Waals surface area contributed by atoms with Crippen LogP contribution in [-0.4, -0.2) is 85.6 Å². The standard InChI is InChI=1S/C22H30N6O5.C22H32N6O3/c1-14-11-17(9-10-32-14)25-20-23-12-18(28(30)31)19(26-20)24-16-7-5-15(6-8-16)13-33-21(29)27-22(2,3)4;1-14-11-17(9-10-30-14)26-20-24-12-18(23)19(27-20)25-16-7-5-15(6-8-16)13-31-21(29)28-22(2,3)4/h5-8,12,14,17H,9-11,13H2,1-4H3,(H,27,29)(H2,23,24,25,26);5-8,12,14,17H,9-11,13,23H2,1-4H3,(H,28,29)(H2,24,25,26,27). The second-order valence-electron chi connectivity index (χ2n) is 17.8. The molecule has 2 aromatic heterocycles. The molecule has 4 aromatic rings. The number of rotatable bonds is 13. The molecule has 4 atom stereocenters. The summed E-state index contributed by atoms with van der Waals surface area (Å²) in [6, 6.07) is 14.9. The van der Waals surface area contributed by atoms with Gasteiger partial charge in [-0.05, 0) is 116 Å². The van der Waals surface area contributed by atoms with Crippen LogP contribution in [0.4, 0.5) is 55.9 Å². The number of hydrogen-bond acceptors (Lipinski definition) is 17. The highest BCUT2D eigenvalue weighted by molar-refractivity contribution is 5.70. The number of nitrogens with two attached hydrogens (primary N) is 1. The molecular formula is C44H62N12O8. The minimum atomic E-state index is -0.529. The van der Waals surface area contributed by atoms with Crippen LogP contribution < -0.4 is 37.6 Å². The molecule has 0 bridgehead atoms. The van der Waals surface area contributed by atoms with Crippen LogP contribution in [0.2, 0.25) is 0 Å². The van der Waals surface area contributed by atoms with Crippen LogP contribution in [0.25, 0.3) is 0 Å². The molecule has 0 spiro atoms. The number of nitrogen functional groups attached to an aromatic ring is 1. The number of nitrogens with one attached hydrogen (secondary N) is 6. The molecule has 0 saturated carbocycles. The lowest BCUT2D eigenvalue weighted by Gasteiger charge is -2.28. The van der Waals surface area contributed by atoms with Crippen molar-refractivity contribution in [2.75, 3.05) is 40.2 Å². The van der Waals surface area contributed by atoms with Gasteiger partial charge in [-0.15, -0.1) is 0 Å². The Morgan fingerprint density at radius 3 is 1.56 bits per heavy atom. The fourth-order valence-corrected chi connectivity index (χ4v) is 6.48. The van der Waals surface area contributed by atoms with Gasteiger partial charge in [0.05, 0.1) is 29.0 Å². The van der Waals surface area contributed by atoms with Gasteiger partial charge in [0.2, 0.25) is 17.7 Å². The van der Waals surface area contributed by atoms with Crippen LogP contribution >= 0.6 is 0 Å². The lowest BCUT2D eigenvalue weighted by Crippen LogP contribution is -2.40. The first-order valence-corrected chi connectivity index (χ1v) is 21.3. The van der Waals surface area contributed by atoms with Crippen LogP contribution in [0.15, 0.2) is 60.9 Å². The van der Waals surface area contributed by atoms with E-state index in [0.717, 1.165) is 49.1 Å². The molecular weight excluding hydrogens is 825 g/mol. The van der Waals surface area contributed by atoms with E-state index in [1.54, 1.807) is 30.5 Å². The summed E-state index contributed by atoms with van der Waals surface area (Å²) in [5.74, 6) is 1.47. The zero-order chi connectivity index (χ0) is 46.4. The number of alkyl carbamates (subject to hydrolysis) is 2. The Morgan fingerprint density at radius 1 is 0.719 bits per heavy atom. The maximum absolute atomic E-state index is 11.8. The molecule has 8 N–H and O–H groups in total. The fraction of sp³-hybridized carbons (Fsp3) is 0.500. The molecule has 2 saturated heterocycles. The second-order valence-corrected chi connectivity index (χ2v) is 17.8. The molecule has 4 heterocycles. The number of aromatic nitrogens is 4. The summed E-state index contributed by atoms with van der Waals surface area (Å²) in [5.41, 5.74) is 8.64. The summed E-state index contributed by atoms with van der Waals surface area (Å²) >= 11 is 0. The van der Waals surface area contributed by atoms with E-state index in [2.05, 4.69) is 58.8 Å². The molecule has 20 heteroatoms. The molecule has 2 aliphatic rings. The minimum absolute atomic E-state index is 0.0890. The highest BCUT2D eigenvalue weighted by Gasteiger charge is 2.24. The molecule has 2 amide bonds. The van der Waals surface area contributed by atoms with Crippen molar-refractivity contribution in [3.63, 3.8) is 0 Å². The number of nitro groups is 1. The largest absolute Gasteiger partial charge is 0.445 e. The van der Waals surface area contributed by atoms with Gasteiger partial charge in [-0.1, -0.05) is 24.3 Å². The topological polar surface area (TPSA) is 264 Å². The second kappa shape index (κ2) is 22.2. The van der Waals surface area contributed by atoms with Gasteiger partial charge >= 0.3 is 17.9 Å². The van der Waals surface area contributed by atoms with E-state index in [1.807, 2.05) is 72.7 Å². The van der Waals surface area contributed by atoms with Gasteiger partial charge in [-0.2, -0.15) is 9.97 Å². The summed E-state index contributed by atoms with van der Waals surface area (Å²) in [5, 5.41) is 29.7. The fourth-order valence-electron chi connectivity index (χ4n) is 6.48. The first-order valence-electron chi connectivity index (χ1n) is 21.3. The van der Waals surface area contributed by atoms with Crippen molar-refractivity contribution in [1.82, 2.24) is 30.6 Å². The molecule has 4 unspecified atom stereocenters. The highest BCUT2D eigenvalue weighted by atomic mass is 16.6. The maximum atomic E-state index is 11.8. The Bertz CT molecular complexity index is 2160. The van der Waals surface area contributed by atoms with Gasteiger partial charge < -0.3 is 56.6 Å². The molecule has 346 valence electrons. The number of ether oxygens (including phenoxy) is 4. The third-order valence-electron chi connectivity index (χ3n) is 9.55. The van der Waals surface area contributed by atoms with E-state index in [-0.39, 0.29) is 60.1 Å². The Kier molecular flexibility index (Phi) is 16.8. The van der Waals surface area contributed by atoms with Crippen molar-refractivity contribution in [3.8, 4) is 0 Å². The van der Waals surface area contributed by atoms with Crippen LogP contribution in [0.5, 0.6) is 0 Å². The van der Waals surface area contributed by atoms with Crippen molar-refractivity contribution >= 4 is 58.5 Å². The molecule has 0 radical (unpaired) electrons. The highest BCUT2D eigenvalue weighted by Crippen LogP contribution is 2.28.